The molecule has 0 radical (unpaired) electrons. The summed E-state index contributed by atoms with van der Waals surface area (Å²) in [4.78, 5) is 19.6. The molecule has 134 valence electrons. The van der Waals surface area contributed by atoms with Crippen molar-refractivity contribution in [3.63, 3.8) is 0 Å². The molecule has 4 aromatic heterocycles. The largest absolute Gasteiger partial charge is 0.333 e. The number of nitrogens with zero attached hydrogens (tertiary/aromatic N) is 4. The quantitative estimate of drug-likeness (QED) is 0.399. The summed E-state index contributed by atoms with van der Waals surface area (Å²) in [5, 5.41) is 12.9. The van der Waals surface area contributed by atoms with E-state index in [1.54, 1.807) is 36.1 Å². The molecule has 0 aliphatic rings. The highest BCUT2D eigenvalue weighted by atomic mass is 32.1. The summed E-state index contributed by atoms with van der Waals surface area (Å²) in [5.41, 5.74) is 6.52. The van der Waals surface area contributed by atoms with Crippen LogP contribution in [-0.4, -0.2) is 39.8 Å². The summed E-state index contributed by atoms with van der Waals surface area (Å²) in [6.07, 6.45) is 5.92. The van der Waals surface area contributed by atoms with Crippen molar-refractivity contribution in [2.75, 3.05) is 13.3 Å². The van der Waals surface area contributed by atoms with E-state index in [2.05, 4.69) is 38.5 Å². The molecule has 0 spiro atoms. The Labute approximate surface area is 164 Å². The Kier molecular flexibility index (Phi) is 7.79. The van der Waals surface area contributed by atoms with Crippen LogP contribution >= 0.6 is 35.3 Å². The minimum Gasteiger partial charge on any atom is -0.333 e. The molecule has 0 saturated carbocycles. The van der Waals surface area contributed by atoms with Crippen LogP contribution in [0.15, 0.2) is 42.0 Å². The minimum atomic E-state index is 0.406. The number of rotatable bonds is 3. The van der Waals surface area contributed by atoms with Crippen LogP contribution in [-0.2, 0) is 0 Å². The molecule has 0 fully saturated rings. The highest BCUT2D eigenvalue weighted by Gasteiger charge is 2.15. The zero-order valence-electron chi connectivity index (χ0n) is 14.2. The normalized spacial score (nSPS) is 9.69. The maximum Gasteiger partial charge on any atom is 0.168 e. The van der Waals surface area contributed by atoms with Crippen molar-refractivity contribution in [3.8, 4) is 21.3 Å². The zero-order valence-corrected chi connectivity index (χ0v) is 16.7. The smallest absolute Gasteiger partial charge is 0.168 e. The molecule has 0 saturated heterocycles. The standard InChI is InChI=1S/C15H8N4OS2.CH5N.CH4S/c20-8-10-6-12-11(3-5-21-12)13(17-10)15-19-18-14(22-15)9-2-1-4-16-7-9;2*1-2/h1-8H;2H2,1H3;2H,1H3. The Morgan fingerprint density at radius 2 is 1.92 bits per heavy atom. The van der Waals surface area contributed by atoms with E-state index in [0.29, 0.717) is 16.4 Å². The van der Waals surface area contributed by atoms with E-state index >= 15 is 0 Å². The molecule has 0 aromatic carbocycles. The van der Waals surface area contributed by atoms with Gasteiger partial charge in [-0.1, -0.05) is 11.3 Å². The molecule has 4 heterocycles. The highest BCUT2D eigenvalue weighted by molar-refractivity contribution is 7.79. The van der Waals surface area contributed by atoms with Gasteiger partial charge in [0.2, 0.25) is 0 Å². The van der Waals surface area contributed by atoms with Gasteiger partial charge in [-0.05, 0) is 42.9 Å². The predicted octanol–water partition coefficient (Wildman–Crippen LogP) is 3.81. The lowest BCUT2D eigenvalue weighted by Gasteiger charge is -1.99. The number of aldehydes is 1. The molecule has 0 unspecified atom stereocenters. The molecule has 0 amide bonds. The second kappa shape index (κ2) is 10.1. The summed E-state index contributed by atoms with van der Waals surface area (Å²) in [6.45, 7) is 0. The molecule has 9 heteroatoms. The first-order valence-corrected chi connectivity index (χ1v) is 10.0. The van der Waals surface area contributed by atoms with Gasteiger partial charge >= 0.3 is 0 Å². The maximum atomic E-state index is 11.1. The van der Waals surface area contributed by atoms with Crippen molar-refractivity contribution in [1.82, 2.24) is 20.2 Å². The van der Waals surface area contributed by atoms with Gasteiger partial charge in [0, 0.05) is 28.0 Å². The summed E-state index contributed by atoms with van der Waals surface area (Å²) < 4.78 is 1.02. The third-order valence-electron chi connectivity index (χ3n) is 3.13. The Bertz CT molecular complexity index is 969. The lowest BCUT2D eigenvalue weighted by atomic mass is 10.2. The molecule has 0 bridgehead atoms. The number of aromatic nitrogens is 4. The Balaban J connectivity index is 0.000000570. The van der Waals surface area contributed by atoms with Crippen molar-refractivity contribution in [1.29, 1.82) is 0 Å². The van der Waals surface area contributed by atoms with E-state index in [4.69, 9.17) is 0 Å². The molecule has 4 aromatic rings. The number of carbonyl (C=O) groups excluding carboxylic acids is 1. The maximum absolute atomic E-state index is 11.1. The lowest BCUT2D eigenvalue weighted by Crippen LogP contribution is -1.90. The third kappa shape index (κ3) is 4.31. The topological polar surface area (TPSA) is 94.7 Å². The fraction of sp³-hybridized carbons (Fsp3) is 0.118. The van der Waals surface area contributed by atoms with Gasteiger partial charge in [-0.3, -0.25) is 9.78 Å². The monoisotopic (exact) mass is 403 g/mol. The van der Waals surface area contributed by atoms with Crippen molar-refractivity contribution < 1.29 is 4.79 Å². The average molecular weight is 404 g/mol. The van der Waals surface area contributed by atoms with E-state index in [-0.39, 0.29) is 0 Å². The van der Waals surface area contributed by atoms with E-state index in [1.165, 1.54) is 18.4 Å². The number of fused-ring (bicyclic) bond motifs is 1. The minimum absolute atomic E-state index is 0.406. The molecular formula is C17H17N5OS3. The first kappa shape index (κ1) is 20.1. The summed E-state index contributed by atoms with van der Waals surface area (Å²) in [7, 11) is 1.50. The molecule has 0 aliphatic heterocycles. The Hall–Kier alpha value is -2.20. The SMILES string of the molecule is CN.CS.O=Cc1cc2sccc2c(-c2nnc(-c3cccnc3)s2)n1. The first-order valence-electron chi connectivity index (χ1n) is 7.45. The van der Waals surface area contributed by atoms with Gasteiger partial charge in [0.25, 0.3) is 0 Å². The van der Waals surface area contributed by atoms with Gasteiger partial charge in [-0.15, -0.1) is 21.5 Å². The number of pyridine rings is 2. The van der Waals surface area contributed by atoms with Crippen molar-refractivity contribution in [2.45, 2.75) is 0 Å². The molecular weight excluding hydrogens is 386 g/mol. The van der Waals surface area contributed by atoms with Crippen LogP contribution in [0.1, 0.15) is 10.5 Å². The van der Waals surface area contributed by atoms with E-state index in [0.717, 1.165) is 26.9 Å². The van der Waals surface area contributed by atoms with Gasteiger partial charge in [-0.25, -0.2) is 4.98 Å². The Morgan fingerprint density at radius 3 is 2.62 bits per heavy atom. The van der Waals surface area contributed by atoms with Crippen LogP contribution in [0.5, 0.6) is 0 Å². The lowest BCUT2D eigenvalue weighted by molar-refractivity contribution is 0.111. The predicted molar refractivity (Wildman–Crippen MR) is 112 cm³/mol. The fourth-order valence-corrected chi connectivity index (χ4v) is 3.80. The van der Waals surface area contributed by atoms with E-state index < -0.39 is 0 Å². The number of thiol groups is 1. The van der Waals surface area contributed by atoms with Crippen molar-refractivity contribution in [3.05, 3.63) is 47.7 Å². The highest BCUT2D eigenvalue weighted by Crippen LogP contribution is 2.34. The van der Waals surface area contributed by atoms with Gasteiger partial charge in [0.1, 0.15) is 16.4 Å². The number of carbonyl (C=O) groups is 1. The van der Waals surface area contributed by atoms with Crippen molar-refractivity contribution >= 4 is 51.7 Å². The van der Waals surface area contributed by atoms with E-state index in [9.17, 15) is 4.79 Å². The second-order valence-corrected chi connectivity index (χ2v) is 6.43. The Morgan fingerprint density at radius 1 is 1.15 bits per heavy atom. The van der Waals surface area contributed by atoms with Gasteiger partial charge < -0.3 is 5.73 Å². The van der Waals surface area contributed by atoms with Crippen LogP contribution in [0.4, 0.5) is 0 Å². The molecule has 0 aliphatic carbocycles. The van der Waals surface area contributed by atoms with E-state index in [1.807, 2.05) is 23.6 Å². The molecule has 6 nitrogen and oxygen atoms in total. The van der Waals surface area contributed by atoms with Gasteiger partial charge in [-0.2, -0.15) is 12.6 Å². The van der Waals surface area contributed by atoms with Gasteiger partial charge in [0.15, 0.2) is 11.3 Å². The fourth-order valence-electron chi connectivity index (χ4n) is 2.13. The number of hydrogen-bond donors (Lipinski definition) is 2. The summed E-state index contributed by atoms with van der Waals surface area (Å²) in [5.74, 6) is 0. The first-order chi connectivity index (χ1) is 12.8. The second-order valence-electron chi connectivity index (χ2n) is 4.50. The van der Waals surface area contributed by atoms with Crippen LogP contribution < -0.4 is 5.73 Å². The molecule has 26 heavy (non-hydrogen) atoms. The molecule has 0 atom stereocenters. The summed E-state index contributed by atoms with van der Waals surface area (Å²) >= 11 is 6.54. The van der Waals surface area contributed by atoms with Gasteiger partial charge in [0.05, 0.1) is 0 Å². The van der Waals surface area contributed by atoms with Crippen molar-refractivity contribution in [2.24, 2.45) is 5.73 Å². The van der Waals surface area contributed by atoms with Crippen LogP contribution in [0.25, 0.3) is 31.4 Å². The van der Waals surface area contributed by atoms with Crippen LogP contribution in [0.3, 0.4) is 0 Å². The number of thiophene rings is 1. The number of nitrogens with two attached hydrogens (primary N) is 1. The summed E-state index contributed by atoms with van der Waals surface area (Å²) in [6, 6.07) is 7.58. The van der Waals surface area contributed by atoms with Crippen LogP contribution in [0.2, 0.25) is 0 Å². The number of hydrogen-bond acceptors (Lipinski definition) is 9. The molecule has 2 N–H and O–H groups in total. The zero-order chi connectivity index (χ0) is 18.9. The molecule has 4 rings (SSSR count). The average Bonchev–Trinajstić information content (AvgIpc) is 3.40. The van der Waals surface area contributed by atoms with Crippen LogP contribution in [0, 0.1) is 0 Å². The third-order valence-corrected chi connectivity index (χ3v) is 4.97.